The Hall–Kier alpha value is -1.24. The number of aromatic nitrogens is 2. The van der Waals surface area contributed by atoms with E-state index < -0.39 is 10.0 Å². The monoisotopic (exact) mass is 305 g/mol. The van der Waals surface area contributed by atoms with Crippen molar-refractivity contribution in [2.24, 2.45) is 7.05 Å². The van der Waals surface area contributed by atoms with Gasteiger partial charge in [0.15, 0.2) is 0 Å². The van der Waals surface area contributed by atoms with Crippen molar-refractivity contribution in [3.8, 4) is 0 Å². The molecular weight excluding hydrogens is 297 g/mol. The third-order valence-corrected chi connectivity index (χ3v) is 4.03. The Morgan fingerprint density at radius 1 is 1.33 bits per heavy atom. The molecule has 96 valence electrons. The second kappa shape index (κ2) is 4.79. The van der Waals surface area contributed by atoms with Crippen molar-refractivity contribution in [2.45, 2.75) is 4.90 Å². The molecule has 8 heteroatoms. The maximum Gasteiger partial charge on any atom is 0.265 e. The molecule has 0 amide bonds. The predicted molar refractivity (Wildman–Crippen MR) is 70.5 cm³/mol. The molecule has 0 saturated carbocycles. The Morgan fingerprint density at radius 3 is 2.61 bits per heavy atom. The van der Waals surface area contributed by atoms with Gasteiger partial charge in [0.1, 0.15) is 4.90 Å². The number of halogens is 2. The minimum absolute atomic E-state index is 0.0658. The zero-order chi connectivity index (χ0) is 13.3. The van der Waals surface area contributed by atoms with Crippen molar-refractivity contribution >= 4 is 38.9 Å². The van der Waals surface area contributed by atoms with Gasteiger partial charge in [-0.15, -0.1) is 0 Å². The standard InChI is InChI=1S/C10H9Cl2N3O2S/c1-15-6-8(5-13-15)18(16,17)14-10-3-2-7(11)4-9(10)12/h2-6,14H,1H3. The number of nitrogens with one attached hydrogen (secondary N) is 1. The molecule has 0 atom stereocenters. The van der Waals surface area contributed by atoms with Gasteiger partial charge in [-0.3, -0.25) is 9.40 Å². The molecule has 0 fully saturated rings. The zero-order valence-electron chi connectivity index (χ0n) is 9.26. The van der Waals surface area contributed by atoms with E-state index in [1.807, 2.05) is 0 Å². The summed E-state index contributed by atoms with van der Waals surface area (Å²) in [5.74, 6) is 0. The number of rotatable bonds is 3. The van der Waals surface area contributed by atoms with Crippen LogP contribution in [0, 0.1) is 0 Å². The van der Waals surface area contributed by atoms with Crippen molar-refractivity contribution in [2.75, 3.05) is 4.72 Å². The first-order valence-electron chi connectivity index (χ1n) is 4.85. The number of hydrogen-bond donors (Lipinski definition) is 1. The first-order valence-corrected chi connectivity index (χ1v) is 7.09. The lowest BCUT2D eigenvalue weighted by molar-refractivity contribution is 0.601. The van der Waals surface area contributed by atoms with Crippen LogP contribution < -0.4 is 4.72 Å². The molecule has 1 aromatic carbocycles. The van der Waals surface area contributed by atoms with Gasteiger partial charge in [0.2, 0.25) is 0 Å². The first kappa shape index (κ1) is 13.2. The summed E-state index contributed by atoms with van der Waals surface area (Å²) in [7, 11) is -2.06. The predicted octanol–water partition coefficient (Wildman–Crippen LogP) is 2.53. The molecule has 1 N–H and O–H groups in total. The summed E-state index contributed by atoms with van der Waals surface area (Å²) in [5, 5.41) is 4.47. The highest BCUT2D eigenvalue weighted by molar-refractivity contribution is 7.92. The van der Waals surface area contributed by atoms with E-state index in [0.717, 1.165) is 0 Å². The maximum absolute atomic E-state index is 12.0. The molecule has 18 heavy (non-hydrogen) atoms. The number of sulfonamides is 1. The van der Waals surface area contributed by atoms with Crippen LogP contribution in [0.3, 0.4) is 0 Å². The molecule has 2 rings (SSSR count). The summed E-state index contributed by atoms with van der Waals surface area (Å²) in [5.41, 5.74) is 0.268. The molecular formula is C10H9Cl2N3O2S. The van der Waals surface area contributed by atoms with Crippen LogP contribution in [0.4, 0.5) is 5.69 Å². The van der Waals surface area contributed by atoms with Gasteiger partial charge < -0.3 is 0 Å². The van der Waals surface area contributed by atoms with Crippen LogP contribution in [0.5, 0.6) is 0 Å². The quantitative estimate of drug-likeness (QED) is 0.947. The number of anilines is 1. The molecule has 0 bridgehead atoms. The molecule has 0 radical (unpaired) electrons. The summed E-state index contributed by atoms with van der Waals surface area (Å²) in [4.78, 5) is 0.0658. The largest absolute Gasteiger partial charge is 0.278 e. The summed E-state index contributed by atoms with van der Waals surface area (Å²) in [6.07, 6.45) is 2.65. The second-order valence-electron chi connectivity index (χ2n) is 3.58. The highest BCUT2D eigenvalue weighted by Gasteiger charge is 2.17. The van der Waals surface area contributed by atoms with E-state index >= 15 is 0 Å². The van der Waals surface area contributed by atoms with Crippen molar-refractivity contribution in [1.82, 2.24) is 9.78 Å². The number of hydrogen-bond acceptors (Lipinski definition) is 3. The van der Waals surface area contributed by atoms with E-state index in [0.29, 0.717) is 5.02 Å². The third-order valence-electron chi connectivity index (χ3n) is 2.17. The van der Waals surface area contributed by atoms with Gasteiger partial charge in [0.05, 0.1) is 16.9 Å². The lowest BCUT2D eigenvalue weighted by atomic mass is 10.3. The van der Waals surface area contributed by atoms with Gasteiger partial charge in [-0.25, -0.2) is 8.42 Å². The second-order valence-corrected chi connectivity index (χ2v) is 6.11. The Bertz CT molecular complexity index is 682. The Balaban J connectivity index is 2.33. The van der Waals surface area contributed by atoms with Crippen LogP contribution in [0.25, 0.3) is 0 Å². The molecule has 0 spiro atoms. The van der Waals surface area contributed by atoms with E-state index in [-0.39, 0.29) is 15.6 Å². The molecule has 0 aliphatic rings. The fraction of sp³-hybridized carbons (Fsp3) is 0.100. The SMILES string of the molecule is Cn1cc(S(=O)(=O)Nc2ccc(Cl)cc2Cl)cn1. The van der Waals surface area contributed by atoms with Crippen LogP contribution >= 0.6 is 23.2 Å². The van der Waals surface area contributed by atoms with E-state index in [1.165, 1.54) is 29.2 Å². The van der Waals surface area contributed by atoms with Gasteiger partial charge >= 0.3 is 0 Å². The van der Waals surface area contributed by atoms with Gasteiger partial charge in [0, 0.05) is 18.3 Å². The first-order chi connectivity index (χ1) is 8.38. The molecule has 0 aliphatic heterocycles. The number of benzene rings is 1. The summed E-state index contributed by atoms with van der Waals surface area (Å²) in [6, 6.07) is 4.51. The average molecular weight is 306 g/mol. The summed E-state index contributed by atoms with van der Waals surface area (Å²) >= 11 is 11.6. The van der Waals surface area contributed by atoms with Crippen molar-refractivity contribution < 1.29 is 8.42 Å². The topological polar surface area (TPSA) is 64.0 Å². The Morgan fingerprint density at radius 2 is 2.06 bits per heavy atom. The zero-order valence-corrected chi connectivity index (χ0v) is 11.6. The van der Waals surface area contributed by atoms with Gasteiger partial charge in [-0.2, -0.15) is 5.10 Å². The highest BCUT2D eigenvalue weighted by Crippen LogP contribution is 2.27. The maximum atomic E-state index is 12.0. The molecule has 5 nitrogen and oxygen atoms in total. The molecule has 1 heterocycles. The smallest absolute Gasteiger partial charge is 0.265 e. The number of aryl methyl sites for hydroxylation is 1. The normalized spacial score (nSPS) is 11.5. The Kier molecular flexibility index (Phi) is 3.52. The average Bonchev–Trinajstić information content (AvgIpc) is 2.70. The molecule has 0 aliphatic carbocycles. The Labute approximate surface area is 114 Å². The number of nitrogens with zero attached hydrogens (tertiary/aromatic N) is 2. The molecule has 2 aromatic rings. The van der Waals surface area contributed by atoms with Crippen LogP contribution in [0.2, 0.25) is 10.0 Å². The summed E-state index contributed by atoms with van der Waals surface area (Å²) in [6.45, 7) is 0. The third kappa shape index (κ3) is 2.77. The fourth-order valence-electron chi connectivity index (χ4n) is 1.31. The minimum Gasteiger partial charge on any atom is -0.278 e. The lowest BCUT2D eigenvalue weighted by Crippen LogP contribution is -2.12. The van der Waals surface area contributed by atoms with Crippen molar-refractivity contribution in [3.05, 3.63) is 40.6 Å². The highest BCUT2D eigenvalue weighted by atomic mass is 35.5. The fourth-order valence-corrected chi connectivity index (χ4v) is 2.89. The molecule has 0 unspecified atom stereocenters. The van der Waals surface area contributed by atoms with Crippen LogP contribution in [0.15, 0.2) is 35.5 Å². The van der Waals surface area contributed by atoms with Crippen LogP contribution in [0.1, 0.15) is 0 Å². The van der Waals surface area contributed by atoms with Gasteiger partial charge in [-0.1, -0.05) is 23.2 Å². The van der Waals surface area contributed by atoms with Gasteiger partial charge in [0.25, 0.3) is 10.0 Å². The van der Waals surface area contributed by atoms with E-state index in [9.17, 15) is 8.42 Å². The summed E-state index contributed by atoms with van der Waals surface area (Å²) < 4.78 is 27.8. The van der Waals surface area contributed by atoms with Gasteiger partial charge in [-0.05, 0) is 18.2 Å². The lowest BCUT2D eigenvalue weighted by Gasteiger charge is -2.08. The minimum atomic E-state index is -3.69. The molecule has 1 aromatic heterocycles. The van der Waals surface area contributed by atoms with E-state index in [1.54, 1.807) is 13.1 Å². The van der Waals surface area contributed by atoms with E-state index in [4.69, 9.17) is 23.2 Å². The molecule has 0 saturated heterocycles. The van der Waals surface area contributed by atoms with Crippen molar-refractivity contribution in [3.63, 3.8) is 0 Å². The van der Waals surface area contributed by atoms with Crippen LogP contribution in [-0.2, 0) is 17.1 Å². The van der Waals surface area contributed by atoms with Crippen molar-refractivity contribution in [1.29, 1.82) is 0 Å². The van der Waals surface area contributed by atoms with Crippen LogP contribution in [-0.4, -0.2) is 18.2 Å². The van der Waals surface area contributed by atoms with E-state index in [2.05, 4.69) is 9.82 Å².